The van der Waals surface area contributed by atoms with E-state index in [1.54, 1.807) is 0 Å². The first-order valence-electron chi connectivity index (χ1n) is 10.7. The summed E-state index contributed by atoms with van der Waals surface area (Å²) in [5, 5.41) is 4.68. The van der Waals surface area contributed by atoms with Gasteiger partial charge in [0, 0.05) is 11.3 Å². The fourth-order valence-electron chi connectivity index (χ4n) is 3.71. The van der Waals surface area contributed by atoms with Gasteiger partial charge in [-0.25, -0.2) is 9.89 Å². The van der Waals surface area contributed by atoms with Crippen LogP contribution >= 0.6 is 11.8 Å². The third-order valence-electron chi connectivity index (χ3n) is 5.94. The van der Waals surface area contributed by atoms with E-state index in [1.807, 2.05) is 23.9 Å². The highest BCUT2D eigenvalue weighted by Crippen LogP contribution is 2.25. The topological polar surface area (TPSA) is 32.1 Å². The Hall–Kier alpha value is -2.07. The summed E-state index contributed by atoms with van der Waals surface area (Å²) in [5.41, 5.74) is 5.71. The monoisotopic (exact) mass is 409 g/mol. The Morgan fingerprint density at radius 1 is 1.17 bits per heavy atom. The second kappa shape index (κ2) is 9.62. The molecule has 0 fully saturated rings. The summed E-state index contributed by atoms with van der Waals surface area (Å²) in [6, 6.07) is 15.0. The standard InChI is InChI=1S/C25H32N2OS/c1-6-18(4)20-9-11-21(12-10-20)24(28)15-27-22(7-2)16-29-25(27)26-23-13-8-17(3)14-19(23)5/h8-14,18,22H,6-7,15-16H2,1-5H3/p+1. The van der Waals surface area contributed by atoms with E-state index in [0.29, 0.717) is 18.5 Å². The maximum Gasteiger partial charge on any atom is 0.312 e. The van der Waals surface area contributed by atoms with Crippen LogP contribution in [0.2, 0.25) is 0 Å². The molecule has 2 atom stereocenters. The summed E-state index contributed by atoms with van der Waals surface area (Å²) < 4.78 is 2.26. The second-order valence-corrected chi connectivity index (χ2v) is 9.11. The summed E-state index contributed by atoms with van der Waals surface area (Å²) in [4.78, 5) is 13.0. The van der Waals surface area contributed by atoms with Crippen LogP contribution < -0.4 is 5.32 Å². The summed E-state index contributed by atoms with van der Waals surface area (Å²) >= 11 is 1.82. The Morgan fingerprint density at radius 3 is 2.52 bits per heavy atom. The lowest BCUT2D eigenvalue weighted by Gasteiger charge is -2.13. The van der Waals surface area contributed by atoms with Gasteiger partial charge in [0.15, 0.2) is 0 Å². The van der Waals surface area contributed by atoms with Crippen molar-refractivity contribution in [1.82, 2.24) is 0 Å². The first-order valence-corrected chi connectivity index (χ1v) is 11.6. The van der Waals surface area contributed by atoms with E-state index in [1.165, 1.54) is 16.7 Å². The summed E-state index contributed by atoms with van der Waals surface area (Å²) in [6.45, 7) is 11.3. The van der Waals surface area contributed by atoms with E-state index in [-0.39, 0.29) is 5.78 Å². The van der Waals surface area contributed by atoms with Gasteiger partial charge in [0.2, 0.25) is 5.78 Å². The third-order valence-corrected chi connectivity index (χ3v) is 7.10. The van der Waals surface area contributed by atoms with Crippen molar-refractivity contribution in [2.45, 2.75) is 59.4 Å². The predicted octanol–water partition coefficient (Wildman–Crippen LogP) is 6.01. The van der Waals surface area contributed by atoms with Crippen molar-refractivity contribution in [1.29, 1.82) is 0 Å². The van der Waals surface area contributed by atoms with Crippen molar-refractivity contribution in [3.63, 3.8) is 0 Å². The van der Waals surface area contributed by atoms with Crippen LogP contribution in [0.4, 0.5) is 5.69 Å². The van der Waals surface area contributed by atoms with Gasteiger partial charge in [-0.15, -0.1) is 0 Å². The number of ketones is 1. The van der Waals surface area contributed by atoms with Crippen molar-refractivity contribution >= 4 is 28.4 Å². The lowest BCUT2D eigenvalue weighted by Crippen LogP contribution is -2.33. The maximum atomic E-state index is 13.0. The molecule has 0 saturated heterocycles. The summed E-state index contributed by atoms with van der Waals surface area (Å²) in [7, 11) is 0. The van der Waals surface area contributed by atoms with Gasteiger partial charge in [0.25, 0.3) is 0 Å². The summed E-state index contributed by atoms with van der Waals surface area (Å²) in [6.07, 6.45) is 2.14. The zero-order valence-corrected chi connectivity index (χ0v) is 19.1. The van der Waals surface area contributed by atoms with E-state index < -0.39 is 0 Å². The van der Waals surface area contributed by atoms with Crippen LogP contribution in [0.5, 0.6) is 0 Å². The zero-order chi connectivity index (χ0) is 21.0. The van der Waals surface area contributed by atoms with Crippen molar-refractivity contribution in [3.05, 3.63) is 64.7 Å². The minimum absolute atomic E-state index is 0.182. The minimum atomic E-state index is 0.182. The van der Waals surface area contributed by atoms with Gasteiger partial charge < -0.3 is 0 Å². The molecule has 1 heterocycles. The quantitative estimate of drug-likeness (QED) is 0.449. The number of anilines is 1. The van der Waals surface area contributed by atoms with Crippen LogP contribution in [0.15, 0.2) is 42.5 Å². The Morgan fingerprint density at radius 2 is 1.90 bits per heavy atom. The fourth-order valence-corrected chi connectivity index (χ4v) is 5.04. The molecule has 0 spiro atoms. The molecule has 1 N–H and O–H groups in total. The molecule has 0 amide bonds. The van der Waals surface area contributed by atoms with Gasteiger partial charge in [-0.05, 0) is 61.6 Å². The second-order valence-electron chi connectivity index (χ2n) is 8.10. The van der Waals surface area contributed by atoms with Crippen LogP contribution in [0.3, 0.4) is 0 Å². The number of Topliss-reactive ketones (excluding diaryl/α,β-unsaturated/α-hetero) is 1. The highest BCUT2D eigenvalue weighted by molar-refractivity contribution is 8.14. The van der Waals surface area contributed by atoms with Crippen molar-refractivity contribution in [2.75, 3.05) is 17.6 Å². The maximum absolute atomic E-state index is 13.0. The smallest absolute Gasteiger partial charge is 0.290 e. The van der Waals surface area contributed by atoms with Crippen LogP contribution in [0.1, 0.15) is 66.6 Å². The Bertz CT molecular complexity index is 902. The molecule has 0 bridgehead atoms. The van der Waals surface area contributed by atoms with E-state index in [2.05, 4.69) is 74.8 Å². The minimum Gasteiger partial charge on any atom is -0.290 e. The molecule has 0 radical (unpaired) electrons. The number of amidine groups is 1. The van der Waals surface area contributed by atoms with Crippen LogP contribution in [-0.2, 0) is 0 Å². The molecule has 1 aliphatic heterocycles. The molecular formula is C25H33N2OS+. The SMILES string of the molecule is CCC(C)c1ccc(C(=O)C[N+]2=C(Nc3ccc(C)cc3C)SCC2CC)cc1. The molecule has 0 saturated carbocycles. The molecule has 0 aromatic heterocycles. The number of hydrogen-bond donors (Lipinski definition) is 1. The van der Waals surface area contributed by atoms with Crippen LogP contribution in [0, 0.1) is 13.8 Å². The van der Waals surface area contributed by atoms with Crippen molar-refractivity contribution in [2.24, 2.45) is 0 Å². The molecule has 4 heteroatoms. The van der Waals surface area contributed by atoms with Gasteiger partial charge in [-0.1, -0.05) is 62.7 Å². The number of carbonyl (C=O) groups is 1. The summed E-state index contributed by atoms with van der Waals surface area (Å²) in [5.74, 6) is 1.73. The Labute approximate surface area is 179 Å². The number of rotatable bonds is 7. The molecule has 1 aliphatic rings. The lowest BCUT2D eigenvalue weighted by molar-refractivity contribution is -0.543. The van der Waals surface area contributed by atoms with E-state index in [9.17, 15) is 4.79 Å². The van der Waals surface area contributed by atoms with Crippen molar-refractivity contribution < 1.29 is 9.37 Å². The molecule has 3 nitrogen and oxygen atoms in total. The highest BCUT2D eigenvalue weighted by Gasteiger charge is 2.32. The average Bonchev–Trinajstić information content (AvgIpc) is 3.10. The molecule has 3 rings (SSSR count). The van der Waals surface area contributed by atoms with E-state index >= 15 is 0 Å². The van der Waals surface area contributed by atoms with Gasteiger partial charge in [-0.3, -0.25) is 4.79 Å². The number of hydrogen-bond acceptors (Lipinski definition) is 3. The van der Waals surface area contributed by atoms with Crippen LogP contribution in [0.25, 0.3) is 0 Å². The zero-order valence-electron chi connectivity index (χ0n) is 18.3. The number of nitrogens with one attached hydrogen (secondary N) is 1. The molecule has 154 valence electrons. The molecule has 29 heavy (non-hydrogen) atoms. The molecule has 2 aromatic rings. The first-order chi connectivity index (χ1) is 13.9. The van der Waals surface area contributed by atoms with Gasteiger partial charge in [0.1, 0.15) is 18.3 Å². The normalized spacial score (nSPS) is 17.5. The highest BCUT2D eigenvalue weighted by atomic mass is 32.2. The molecular weight excluding hydrogens is 376 g/mol. The Kier molecular flexibility index (Phi) is 7.18. The number of nitrogens with zero attached hydrogens (tertiary/aromatic N) is 1. The average molecular weight is 410 g/mol. The number of carbonyl (C=O) groups excluding carboxylic acids is 1. The molecule has 0 aliphatic carbocycles. The van der Waals surface area contributed by atoms with Gasteiger partial charge in [0.05, 0.1) is 0 Å². The van der Waals surface area contributed by atoms with E-state index in [4.69, 9.17) is 0 Å². The largest absolute Gasteiger partial charge is 0.312 e. The van der Waals surface area contributed by atoms with Gasteiger partial charge >= 0.3 is 5.17 Å². The predicted molar refractivity (Wildman–Crippen MR) is 126 cm³/mol. The molecule has 2 aromatic carbocycles. The number of aryl methyl sites for hydroxylation is 2. The van der Waals surface area contributed by atoms with E-state index in [0.717, 1.165) is 35.0 Å². The number of benzene rings is 2. The lowest BCUT2D eigenvalue weighted by atomic mass is 9.97. The first kappa shape index (κ1) is 21.6. The van der Waals surface area contributed by atoms with Crippen molar-refractivity contribution in [3.8, 4) is 0 Å². The van der Waals surface area contributed by atoms with Crippen LogP contribution in [-0.4, -0.2) is 33.9 Å². The third kappa shape index (κ3) is 5.11. The van der Waals surface area contributed by atoms with Gasteiger partial charge in [-0.2, -0.15) is 0 Å². The fraction of sp³-hybridized carbons (Fsp3) is 0.440. The number of thioether (sulfide) groups is 1. The Balaban J connectivity index is 1.81. The molecule has 2 unspecified atom stereocenters.